The van der Waals surface area contributed by atoms with Gasteiger partial charge in [0, 0.05) is 17.8 Å². The van der Waals surface area contributed by atoms with Gasteiger partial charge in [-0.05, 0) is 68.3 Å². The van der Waals surface area contributed by atoms with Crippen LogP contribution in [0.3, 0.4) is 0 Å². The predicted molar refractivity (Wildman–Crippen MR) is 143 cm³/mol. The number of rotatable bonds is 2. The minimum atomic E-state index is 0.358. The van der Waals surface area contributed by atoms with Crippen molar-refractivity contribution in [2.24, 2.45) is 23.7 Å². The van der Waals surface area contributed by atoms with Gasteiger partial charge in [-0.25, -0.2) is 0 Å². The maximum absolute atomic E-state index is 2.57. The van der Waals surface area contributed by atoms with Gasteiger partial charge in [0.15, 0.2) is 0 Å². The maximum Gasteiger partial charge on any atom is 0.0137 e. The van der Waals surface area contributed by atoms with Crippen LogP contribution in [0.15, 0.2) is 127 Å². The molecular formula is C34H28. The second-order valence-corrected chi connectivity index (χ2v) is 10.00. The Labute approximate surface area is 201 Å². The molecule has 0 spiro atoms. The summed E-state index contributed by atoms with van der Waals surface area (Å²) in [6, 6.07) is 24.8. The number of benzene rings is 3. The van der Waals surface area contributed by atoms with Crippen molar-refractivity contribution >= 4 is 21.9 Å². The van der Waals surface area contributed by atoms with Gasteiger partial charge in [0.1, 0.15) is 0 Å². The van der Waals surface area contributed by atoms with Gasteiger partial charge < -0.3 is 0 Å². The van der Waals surface area contributed by atoms with E-state index in [0.717, 1.165) is 6.42 Å². The zero-order chi connectivity index (χ0) is 22.5. The molecule has 0 aliphatic heterocycles. The molecule has 3 aromatic rings. The molecule has 0 saturated carbocycles. The lowest BCUT2D eigenvalue weighted by Crippen LogP contribution is -2.40. The molecule has 4 atom stereocenters. The summed E-state index contributed by atoms with van der Waals surface area (Å²) < 4.78 is 0. The maximum atomic E-state index is 2.57. The number of allylic oxidation sites excluding steroid dienone is 10. The van der Waals surface area contributed by atoms with E-state index in [0.29, 0.717) is 23.7 Å². The molecule has 7 rings (SSSR count). The highest BCUT2D eigenvalue weighted by atomic mass is 14.4. The van der Waals surface area contributed by atoms with Crippen LogP contribution in [0, 0.1) is 23.7 Å². The molecule has 4 unspecified atom stereocenters. The third-order valence-electron chi connectivity index (χ3n) is 8.15. The highest BCUT2D eigenvalue weighted by molar-refractivity contribution is 5.88. The van der Waals surface area contributed by atoms with Gasteiger partial charge in [-0.3, -0.25) is 0 Å². The van der Waals surface area contributed by atoms with E-state index in [1.165, 1.54) is 38.8 Å². The highest BCUT2D eigenvalue weighted by Crippen LogP contribution is 2.44. The molecule has 0 fully saturated rings. The third kappa shape index (κ3) is 3.13. The second kappa shape index (κ2) is 7.99. The average Bonchev–Trinajstić information content (AvgIpc) is 2.91. The molecule has 0 N–H and O–H groups in total. The van der Waals surface area contributed by atoms with E-state index in [-0.39, 0.29) is 0 Å². The van der Waals surface area contributed by atoms with Crippen molar-refractivity contribution in [3.8, 4) is 0 Å². The molecular weight excluding hydrogens is 408 g/mol. The fourth-order valence-corrected chi connectivity index (χ4v) is 6.56. The van der Waals surface area contributed by atoms with Gasteiger partial charge in [-0.2, -0.15) is 0 Å². The summed E-state index contributed by atoms with van der Waals surface area (Å²) >= 11 is 0. The summed E-state index contributed by atoms with van der Waals surface area (Å²) in [4.78, 5) is 0. The molecule has 0 aromatic heterocycles. The van der Waals surface area contributed by atoms with Crippen molar-refractivity contribution < 1.29 is 0 Å². The molecule has 0 bridgehead atoms. The van der Waals surface area contributed by atoms with Gasteiger partial charge in [0.2, 0.25) is 0 Å². The molecule has 4 aliphatic rings. The SMILES string of the molecule is C1=CC2C=C(C3=c4ccccc4=C(c4ccc5ccccc5c4)C4C=CC=CC34)CCC2C=C1. The normalized spacial score (nSPS) is 26.8. The summed E-state index contributed by atoms with van der Waals surface area (Å²) in [7, 11) is 0. The molecule has 3 aromatic carbocycles. The Kier molecular flexibility index (Phi) is 4.65. The minimum absolute atomic E-state index is 0.358. The summed E-state index contributed by atoms with van der Waals surface area (Å²) in [5, 5.41) is 5.43. The highest BCUT2D eigenvalue weighted by Gasteiger charge is 2.34. The third-order valence-corrected chi connectivity index (χ3v) is 8.15. The number of fused-ring (bicyclic) bond motifs is 4. The minimum Gasteiger partial charge on any atom is -0.0805 e. The van der Waals surface area contributed by atoms with Crippen LogP contribution >= 0.6 is 0 Å². The van der Waals surface area contributed by atoms with Gasteiger partial charge in [0.05, 0.1) is 0 Å². The Morgan fingerprint density at radius 1 is 0.588 bits per heavy atom. The molecule has 0 heterocycles. The quantitative estimate of drug-likeness (QED) is 0.422. The summed E-state index contributed by atoms with van der Waals surface area (Å²) in [6.45, 7) is 0. The Hall–Kier alpha value is -3.64. The molecule has 0 amide bonds. The topological polar surface area (TPSA) is 0 Å². The van der Waals surface area contributed by atoms with Crippen molar-refractivity contribution in [3.05, 3.63) is 143 Å². The van der Waals surface area contributed by atoms with Gasteiger partial charge in [-0.1, -0.05) is 115 Å². The van der Waals surface area contributed by atoms with E-state index in [1.807, 2.05) is 0 Å². The van der Waals surface area contributed by atoms with E-state index >= 15 is 0 Å². The van der Waals surface area contributed by atoms with E-state index < -0.39 is 0 Å². The first-order valence-corrected chi connectivity index (χ1v) is 12.6. The first-order chi connectivity index (χ1) is 16.9. The van der Waals surface area contributed by atoms with Crippen LogP contribution in [-0.4, -0.2) is 0 Å². The van der Waals surface area contributed by atoms with E-state index in [2.05, 4.69) is 121 Å². The second-order valence-electron chi connectivity index (χ2n) is 10.00. The molecule has 164 valence electrons. The van der Waals surface area contributed by atoms with Crippen LogP contribution in [0.2, 0.25) is 0 Å². The Bertz CT molecular complexity index is 1570. The van der Waals surface area contributed by atoms with Crippen molar-refractivity contribution in [3.63, 3.8) is 0 Å². The Morgan fingerprint density at radius 3 is 2.12 bits per heavy atom. The lowest BCUT2D eigenvalue weighted by Gasteiger charge is -2.36. The molecule has 34 heavy (non-hydrogen) atoms. The largest absolute Gasteiger partial charge is 0.0805 e. The zero-order valence-corrected chi connectivity index (χ0v) is 19.3. The van der Waals surface area contributed by atoms with Crippen LogP contribution in [0.4, 0.5) is 0 Å². The first-order valence-electron chi connectivity index (χ1n) is 12.6. The molecule has 0 nitrogen and oxygen atoms in total. The Balaban J connectivity index is 1.51. The molecule has 0 radical (unpaired) electrons. The van der Waals surface area contributed by atoms with Crippen molar-refractivity contribution in [2.75, 3.05) is 0 Å². The van der Waals surface area contributed by atoms with Crippen LogP contribution in [0.1, 0.15) is 18.4 Å². The molecule has 0 heteroatoms. The average molecular weight is 437 g/mol. The first kappa shape index (κ1) is 19.8. The van der Waals surface area contributed by atoms with Gasteiger partial charge in [0.25, 0.3) is 0 Å². The van der Waals surface area contributed by atoms with E-state index in [9.17, 15) is 0 Å². The van der Waals surface area contributed by atoms with Crippen LogP contribution < -0.4 is 10.4 Å². The Morgan fingerprint density at radius 2 is 1.26 bits per heavy atom. The van der Waals surface area contributed by atoms with Crippen LogP contribution in [0.5, 0.6) is 0 Å². The lowest BCUT2D eigenvalue weighted by atomic mass is 9.67. The van der Waals surface area contributed by atoms with Crippen molar-refractivity contribution in [1.29, 1.82) is 0 Å². The molecule has 0 saturated heterocycles. The smallest absolute Gasteiger partial charge is 0.0137 e. The zero-order valence-electron chi connectivity index (χ0n) is 19.3. The van der Waals surface area contributed by atoms with E-state index in [4.69, 9.17) is 0 Å². The summed E-state index contributed by atoms with van der Waals surface area (Å²) in [6.07, 6.45) is 23.6. The van der Waals surface area contributed by atoms with Crippen LogP contribution in [-0.2, 0) is 0 Å². The molecule has 4 aliphatic carbocycles. The van der Waals surface area contributed by atoms with Gasteiger partial charge >= 0.3 is 0 Å². The number of hydrogen-bond acceptors (Lipinski definition) is 0. The van der Waals surface area contributed by atoms with Gasteiger partial charge in [-0.15, -0.1) is 0 Å². The fraction of sp³-hybridized carbons (Fsp3) is 0.176. The predicted octanol–water partition coefficient (Wildman–Crippen LogP) is 6.64. The number of hydrogen-bond donors (Lipinski definition) is 0. The fourth-order valence-electron chi connectivity index (χ4n) is 6.56. The monoisotopic (exact) mass is 436 g/mol. The van der Waals surface area contributed by atoms with Crippen molar-refractivity contribution in [1.82, 2.24) is 0 Å². The van der Waals surface area contributed by atoms with Crippen molar-refractivity contribution in [2.45, 2.75) is 12.8 Å². The van der Waals surface area contributed by atoms with E-state index in [1.54, 1.807) is 11.1 Å². The lowest BCUT2D eigenvalue weighted by molar-refractivity contribution is 0.482. The van der Waals surface area contributed by atoms with Crippen LogP contribution in [0.25, 0.3) is 21.9 Å². The summed E-state index contributed by atoms with van der Waals surface area (Å²) in [5.74, 6) is 1.93. The standard InChI is InChI=1S/C34H28/c1-3-11-25-21-27(19-17-23(25)9-1)33-29-13-5-7-15-31(29)34(32-16-8-6-14-30(32)33)28-20-18-24-10-2-4-12-26(24)22-28/h1-17,19,21-22,24,26,29,31H,18,20H2. The summed E-state index contributed by atoms with van der Waals surface area (Å²) in [5.41, 5.74) is 5.91.